The van der Waals surface area contributed by atoms with E-state index in [9.17, 15) is 14.4 Å². The summed E-state index contributed by atoms with van der Waals surface area (Å²) in [5, 5.41) is 25.7. The van der Waals surface area contributed by atoms with Crippen molar-refractivity contribution in [3.05, 3.63) is 21.9 Å². The molecule has 4 N–H and O–H groups in total. The van der Waals surface area contributed by atoms with Crippen LogP contribution in [0.5, 0.6) is 0 Å². The Kier molecular flexibility index (Phi) is 5.31. The zero-order valence-electron chi connectivity index (χ0n) is 10.2. The maximum Gasteiger partial charge on any atom is 0.326 e. The average Bonchev–Trinajstić information content (AvgIpc) is 2.70. The Hall–Kier alpha value is -2.09. The number of amides is 2. The summed E-state index contributed by atoms with van der Waals surface area (Å²) < 4.78 is 0. The summed E-state index contributed by atoms with van der Waals surface area (Å²) in [6.45, 7) is 2.16. The van der Waals surface area contributed by atoms with Crippen LogP contribution < -0.4 is 10.6 Å². The molecule has 1 atom stereocenters. The molecule has 19 heavy (non-hydrogen) atoms. The number of nitrogens with one attached hydrogen (secondary N) is 2. The number of rotatable bonds is 6. The molecule has 0 aromatic carbocycles. The maximum atomic E-state index is 11.5. The number of aryl methyl sites for hydroxylation is 1. The zero-order valence-corrected chi connectivity index (χ0v) is 11.0. The lowest BCUT2D eigenvalue weighted by atomic mass is 10.2. The highest BCUT2D eigenvalue weighted by atomic mass is 32.1. The van der Waals surface area contributed by atoms with E-state index in [0.717, 1.165) is 11.1 Å². The van der Waals surface area contributed by atoms with Crippen molar-refractivity contribution in [3.8, 4) is 0 Å². The molecule has 0 aliphatic heterocycles. The van der Waals surface area contributed by atoms with Crippen molar-refractivity contribution in [1.82, 2.24) is 10.6 Å². The summed E-state index contributed by atoms with van der Waals surface area (Å²) in [6.07, 6.45) is -0.666. The number of urea groups is 1. The van der Waals surface area contributed by atoms with Gasteiger partial charge in [0, 0.05) is 6.54 Å². The Balaban J connectivity index is 2.47. The first-order valence-electron chi connectivity index (χ1n) is 5.40. The van der Waals surface area contributed by atoms with Gasteiger partial charge in [-0.15, -0.1) is 0 Å². The quantitative estimate of drug-likeness (QED) is 0.617. The van der Waals surface area contributed by atoms with Crippen LogP contribution in [0.15, 0.2) is 10.8 Å². The highest BCUT2D eigenvalue weighted by molar-refractivity contribution is 7.08. The van der Waals surface area contributed by atoms with Gasteiger partial charge in [-0.25, -0.2) is 9.59 Å². The van der Waals surface area contributed by atoms with Gasteiger partial charge in [0.1, 0.15) is 6.04 Å². The van der Waals surface area contributed by atoms with E-state index in [1.54, 1.807) is 0 Å². The van der Waals surface area contributed by atoms with Crippen LogP contribution in [0, 0.1) is 6.92 Å². The van der Waals surface area contributed by atoms with E-state index in [4.69, 9.17) is 10.2 Å². The Bertz CT molecular complexity index is 485. The summed E-state index contributed by atoms with van der Waals surface area (Å²) in [6, 6.07) is -2.15. The van der Waals surface area contributed by atoms with E-state index in [0.29, 0.717) is 0 Å². The smallest absolute Gasteiger partial charge is 0.326 e. The number of aliphatic carboxylic acids is 2. The van der Waals surface area contributed by atoms with Gasteiger partial charge in [0.15, 0.2) is 0 Å². The van der Waals surface area contributed by atoms with Crippen LogP contribution in [0.3, 0.4) is 0 Å². The highest BCUT2D eigenvalue weighted by Gasteiger charge is 2.22. The fraction of sp³-hybridized carbons (Fsp3) is 0.364. The average molecular weight is 286 g/mol. The predicted octanol–water partition coefficient (Wildman–Crippen LogP) is 0.784. The number of carboxylic acids is 2. The minimum atomic E-state index is -1.44. The van der Waals surface area contributed by atoms with Gasteiger partial charge in [0.25, 0.3) is 0 Å². The van der Waals surface area contributed by atoms with Crippen molar-refractivity contribution in [1.29, 1.82) is 0 Å². The molecule has 1 aromatic heterocycles. The van der Waals surface area contributed by atoms with Crippen molar-refractivity contribution < 1.29 is 24.6 Å². The second-order valence-corrected chi connectivity index (χ2v) is 4.64. The lowest BCUT2D eigenvalue weighted by Gasteiger charge is -2.13. The second kappa shape index (κ2) is 6.74. The standard InChI is InChI=1S/C11H14N2O5S/c1-6-4-19-5-7(6)3-12-11(18)13-8(10(16)17)2-9(14)15/h4-5,8H,2-3H2,1H3,(H,14,15)(H,16,17)(H2,12,13,18)/t8-/m1/s1. The molecule has 0 aliphatic carbocycles. The summed E-state index contributed by atoms with van der Waals surface area (Å²) in [5.41, 5.74) is 1.97. The number of hydrogen-bond acceptors (Lipinski definition) is 4. The SMILES string of the molecule is Cc1cscc1CNC(=O)N[C@H](CC(=O)O)C(=O)O. The number of carboxylic acid groups (broad SMARTS) is 2. The molecule has 2 amide bonds. The van der Waals surface area contributed by atoms with Crippen molar-refractivity contribution in [2.24, 2.45) is 0 Å². The van der Waals surface area contributed by atoms with E-state index in [1.165, 1.54) is 11.3 Å². The fourth-order valence-electron chi connectivity index (χ4n) is 1.33. The second-order valence-electron chi connectivity index (χ2n) is 3.90. The Morgan fingerprint density at radius 2 is 2.00 bits per heavy atom. The molecule has 0 saturated heterocycles. The minimum absolute atomic E-state index is 0.264. The van der Waals surface area contributed by atoms with Crippen LogP contribution in [-0.4, -0.2) is 34.2 Å². The molecule has 0 aliphatic rings. The van der Waals surface area contributed by atoms with Crippen molar-refractivity contribution >= 4 is 29.3 Å². The summed E-state index contributed by atoms with van der Waals surface area (Å²) >= 11 is 1.50. The van der Waals surface area contributed by atoms with E-state index in [2.05, 4.69) is 10.6 Å². The van der Waals surface area contributed by atoms with Crippen molar-refractivity contribution in [2.45, 2.75) is 25.9 Å². The van der Waals surface area contributed by atoms with Crippen LogP contribution in [0.25, 0.3) is 0 Å². The molecule has 104 valence electrons. The molecule has 0 unspecified atom stereocenters. The summed E-state index contributed by atoms with van der Waals surface area (Å²) in [5.74, 6) is -2.68. The first-order chi connectivity index (χ1) is 8.90. The topological polar surface area (TPSA) is 116 Å². The fourth-order valence-corrected chi connectivity index (χ4v) is 2.18. The minimum Gasteiger partial charge on any atom is -0.481 e. The van der Waals surface area contributed by atoms with Gasteiger partial charge in [-0.05, 0) is 28.8 Å². The number of carbonyl (C=O) groups excluding carboxylic acids is 1. The third kappa shape index (κ3) is 4.96. The van der Waals surface area contributed by atoms with Crippen LogP contribution in [0.4, 0.5) is 4.79 Å². The third-order valence-corrected chi connectivity index (χ3v) is 3.29. The first kappa shape index (κ1) is 15.0. The first-order valence-corrected chi connectivity index (χ1v) is 6.35. The molecule has 1 aromatic rings. The van der Waals surface area contributed by atoms with Gasteiger partial charge in [-0.3, -0.25) is 4.79 Å². The predicted molar refractivity (Wildman–Crippen MR) is 68.1 cm³/mol. The van der Waals surface area contributed by atoms with E-state index in [-0.39, 0.29) is 6.54 Å². The molecule has 0 fully saturated rings. The van der Waals surface area contributed by atoms with E-state index >= 15 is 0 Å². The molecule has 0 saturated carbocycles. The monoisotopic (exact) mass is 286 g/mol. The lowest BCUT2D eigenvalue weighted by Crippen LogP contribution is -2.46. The Morgan fingerprint density at radius 1 is 1.32 bits per heavy atom. The lowest BCUT2D eigenvalue weighted by molar-refractivity contribution is -0.145. The van der Waals surface area contributed by atoms with Gasteiger partial charge >= 0.3 is 18.0 Å². The molecule has 0 radical (unpaired) electrons. The van der Waals surface area contributed by atoms with Gasteiger partial charge in [0.2, 0.25) is 0 Å². The van der Waals surface area contributed by atoms with Gasteiger partial charge < -0.3 is 20.8 Å². The molecule has 1 rings (SSSR count). The normalized spacial score (nSPS) is 11.6. The zero-order chi connectivity index (χ0) is 14.4. The highest BCUT2D eigenvalue weighted by Crippen LogP contribution is 2.12. The Morgan fingerprint density at radius 3 is 2.47 bits per heavy atom. The molecule has 7 nitrogen and oxygen atoms in total. The third-order valence-electron chi connectivity index (χ3n) is 2.38. The largest absolute Gasteiger partial charge is 0.481 e. The molecular formula is C11H14N2O5S. The van der Waals surface area contributed by atoms with Crippen molar-refractivity contribution in [2.75, 3.05) is 0 Å². The number of thiophene rings is 1. The molecular weight excluding hydrogens is 272 g/mol. The molecule has 8 heteroatoms. The van der Waals surface area contributed by atoms with E-state index in [1.807, 2.05) is 17.7 Å². The van der Waals surface area contributed by atoms with Crippen molar-refractivity contribution in [3.63, 3.8) is 0 Å². The van der Waals surface area contributed by atoms with Gasteiger partial charge in [0.05, 0.1) is 6.42 Å². The van der Waals surface area contributed by atoms with Crippen LogP contribution in [0.2, 0.25) is 0 Å². The molecule has 0 bridgehead atoms. The van der Waals surface area contributed by atoms with Gasteiger partial charge in [-0.2, -0.15) is 11.3 Å². The number of carbonyl (C=O) groups is 3. The molecule has 0 spiro atoms. The Labute approximate surface area is 113 Å². The maximum absolute atomic E-state index is 11.5. The summed E-state index contributed by atoms with van der Waals surface area (Å²) in [4.78, 5) is 32.7. The summed E-state index contributed by atoms with van der Waals surface area (Å²) in [7, 11) is 0. The molecule has 1 heterocycles. The van der Waals surface area contributed by atoms with Crippen LogP contribution in [-0.2, 0) is 16.1 Å². The van der Waals surface area contributed by atoms with Gasteiger partial charge in [-0.1, -0.05) is 0 Å². The van der Waals surface area contributed by atoms with Crippen LogP contribution in [0.1, 0.15) is 17.5 Å². The number of hydrogen-bond donors (Lipinski definition) is 4. The van der Waals surface area contributed by atoms with Crippen LogP contribution >= 0.6 is 11.3 Å². The van der Waals surface area contributed by atoms with E-state index < -0.39 is 30.4 Å².